The molecule has 1 aromatic heterocycles. The van der Waals surface area contributed by atoms with E-state index in [9.17, 15) is 14.0 Å². The molecule has 0 radical (unpaired) electrons. The number of methoxy groups -OCH3 is 2. The molecule has 2 amide bonds. The third-order valence-corrected chi connectivity index (χ3v) is 7.14. The van der Waals surface area contributed by atoms with Crippen LogP contribution >= 0.6 is 11.3 Å². The maximum Gasteiger partial charge on any atom is 0.257 e. The second-order valence-electron chi connectivity index (χ2n) is 8.34. The van der Waals surface area contributed by atoms with Crippen LogP contribution in [0.3, 0.4) is 0 Å². The molecule has 0 saturated carbocycles. The number of hydrogen-bond acceptors (Lipinski definition) is 6. The first kappa shape index (κ1) is 25.7. The van der Waals surface area contributed by atoms with E-state index in [-0.39, 0.29) is 43.8 Å². The summed E-state index contributed by atoms with van der Waals surface area (Å²) in [5.74, 6) is -0.0769. The normalized spacial score (nSPS) is 14.8. The number of nitrogens with zero attached hydrogens (tertiary/aromatic N) is 2. The van der Waals surface area contributed by atoms with E-state index in [0.29, 0.717) is 18.0 Å². The Labute approximate surface area is 214 Å². The Balaban J connectivity index is 1.53. The number of thiophene rings is 1. The number of amides is 2. The van der Waals surface area contributed by atoms with Gasteiger partial charge in [-0.2, -0.15) is 0 Å². The predicted molar refractivity (Wildman–Crippen MR) is 135 cm³/mol. The minimum Gasteiger partial charge on any atom is -0.497 e. The van der Waals surface area contributed by atoms with Gasteiger partial charge < -0.3 is 24.0 Å². The Kier molecular flexibility index (Phi) is 8.56. The van der Waals surface area contributed by atoms with Crippen LogP contribution < -0.4 is 9.47 Å². The van der Waals surface area contributed by atoms with Crippen LogP contribution in [-0.2, 0) is 16.0 Å². The van der Waals surface area contributed by atoms with Gasteiger partial charge in [-0.25, -0.2) is 4.39 Å². The summed E-state index contributed by atoms with van der Waals surface area (Å²) in [6, 6.07) is 14.8. The third-order valence-electron chi connectivity index (χ3n) is 6.15. The fraction of sp³-hybridized carbons (Fsp3) is 0.333. The molecule has 1 aliphatic heterocycles. The topological polar surface area (TPSA) is 68.3 Å². The number of rotatable bonds is 10. The lowest BCUT2D eigenvalue weighted by Crippen LogP contribution is -2.48. The summed E-state index contributed by atoms with van der Waals surface area (Å²) < 4.78 is 30.8. The van der Waals surface area contributed by atoms with Gasteiger partial charge in [0.1, 0.15) is 30.5 Å². The molecule has 0 aliphatic carbocycles. The molecule has 0 N–H and O–H groups in total. The van der Waals surface area contributed by atoms with Crippen LogP contribution in [-0.4, -0.2) is 68.7 Å². The van der Waals surface area contributed by atoms with Crippen LogP contribution in [0.15, 0.2) is 60.0 Å². The second kappa shape index (κ2) is 12.0. The first-order chi connectivity index (χ1) is 17.5. The second-order valence-corrected chi connectivity index (χ2v) is 9.34. The van der Waals surface area contributed by atoms with Crippen LogP contribution in [0.2, 0.25) is 0 Å². The highest BCUT2D eigenvalue weighted by Crippen LogP contribution is 2.34. The van der Waals surface area contributed by atoms with Crippen molar-refractivity contribution in [3.8, 4) is 11.5 Å². The van der Waals surface area contributed by atoms with Gasteiger partial charge in [-0.05, 0) is 47.7 Å². The van der Waals surface area contributed by atoms with Crippen molar-refractivity contribution in [1.29, 1.82) is 0 Å². The molecule has 2 heterocycles. The summed E-state index contributed by atoms with van der Waals surface area (Å²) >= 11 is 1.66. The number of carbonyl (C=O) groups is 2. The van der Waals surface area contributed by atoms with Crippen molar-refractivity contribution in [1.82, 2.24) is 9.80 Å². The summed E-state index contributed by atoms with van der Waals surface area (Å²) in [6.45, 7) is 0.959. The highest BCUT2D eigenvalue weighted by atomic mass is 32.1. The van der Waals surface area contributed by atoms with Crippen LogP contribution in [0.5, 0.6) is 11.5 Å². The fourth-order valence-corrected chi connectivity index (χ4v) is 5.18. The molecule has 3 aromatic rings. The van der Waals surface area contributed by atoms with Crippen molar-refractivity contribution < 1.29 is 28.2 Å². The Hall–Kier alpha value is -3.43. The Bertz CT molecular complexity index is 1200. The summed E-state index contributed by atoms with van der Waals surface area (Å²) in [5.41, 5.74) is 0.976. The first-order valence-electron chi connectivity index (χ1n) is 11.7. The van der Waals surface area contributed by atoms with Crippen molar-refractivity contribution in [3.05, 3.63) is 81.8 Å². The van der Waals surface area contributed by atoms with Crippen molar-refractivity contribution in [3.63, 3.8) is 0 Å². The minimum absolute atomic E-state index is 0.0712. The smallest absolute Gasteiger partial charge is 0.257 e. The molecule has 1 atom stereocenters. The number of benzene rings is 2. The van der Waals surface area contributed by atoms with Crippen LogP contribution in [0.1, 0.15) is 26.8 Å². The van der Waals surface area contributed by atoms with E-state index in [4.69, 9.17) is 14.2 Å². The molecular weight excluding hydrogens is 483 g/mol. The summed E-state index contributed by atoms with van der Waals surface area (Å²) in [7, 11) is 3.11. The summed E-state index contributed by atoms with van der Waals surface area (Å²) in [6.07, 6.45) is 0.730. The van der Waals surface area contributed by atoms with Gasteiger partial charge in [0.15, 0.2) is 0 Å². The number of ether oxygens (including phenoxy) is 3. The fourth-order valence-electron chi connectivity index (χ4n) is 4.25. The van der Waals surface area contributed by atoms with Crippen LogP contribution in [0.4, 0.5) is 4.39 Å². The van der Waals surface area contributed by atoms with E-state index < -0.39 is 11.7 Å². The van der Waals surface area contributed by atoms with E-state index in [1.807, 2.05) is 29.6 Å². The lowest BCUT2D eigenvalue weighted by molar-refractivity contribution is -0.135. The highest BCUT2D eigenvalue weighted by molar-refractivity contribution is 7.10. The van der Waals surface area contributed by atoms with Gasteiger partial charge in [0.25, 0.3) is 5.91 Å². The van der Waals surface area contributed by atoms with Gasteiger partial charge in [-0.1, -0.05) is 18.2 Å². The zero-order valence-corrected chi connectivity index (χ0v) is 21.1. The molecule has 0 saturated heterocycles. The number of carbonyl (C=O) groups excluding carboxylic acids is 2. The predicted octanol–water partition coefficient (Wildman–Crippen LogP) is 4.19. The molecular formula is C27H29FN2O5S. The number of fused-ring (bicyclic) bond motifs is 1. The van der Waals surface area contributed by atoms with Crippen molar-refractivity contribution in [2.75, 3.05) is 47.1 Å². The van der Waals surface area contributed by atoms with Crippen LogP contribution in [0, 0.1) is 5.82 Å². The van der Waals surface area contributed by atoms with Gasteiger partial charge in [0, 0.05) is 31.1 Å². The van der Waals surface area contributed by atoms with Crippen LogP contribution in [0.25, 0.3) is 0 Å². The Morgan fingerprint density at radius 1 is 1.11 bits per heavy atom. The van der Waals surface area contributed by atoms with Gasteiger partial charge in [-0.3, -0.25) is 9.59 Å². The maximum absolute atomic E-state index is 14.3. The van der Waals surface area contributed by atoms with Crippen molar-refractivity contribution >= 4 is 23.2 Å². The molecule has 9 heteroatoms. The monoisotopic (exact) mass is 512 g/mol. The molecule has 36 heavy (non-hydrogen) atoms. The SMILES string of the molecule is COCCN(CC(=O)N1CCc2sccc2C1COc1cccc(OC)c1)C(=O)c1ccccc1F. The highest BCUT2D eigenvalue weighted by Gasteiger charge is 2.34. The van der Waals surface area contributed by atoms with E-state index in [0.717, 1.165) is 12.0 Å². The Morgan fingerprint density at radius 2 is 1.92 bits per heavy atom. The van der Waals surface area contributed by atoms with Crippen molar-refractivity contribution in [2.45, 2.75) is 12.5 Å². The van der Waals surface area contributed by atoms with E-state index >= 15 is 0 Å². The Morgan fingerprint density at radius 3 is 2.69 bits per heavy atom. The average Bonchev–Trinajstić information content (AvgIpc) is 3.39. The third kappa shape index (κ3) is 5.85. The molecule has 1 aliphatic rings. The average molecular weight is 513 g/mol. The standard InChI is InChI=1S/C27H29FN2O5S/c1-33-14-13-29(27(32)21-8-3-4-9-23(21)28)17-26(31)30-12-10-25-22(11-15-36-25)24(30)18-35-20-7-5-6-19(16-20)34-2/h3-9,11,15-16,24H,10,12-14,17-18H2,1-2H3. The lowest BCUT2D eigenvalue weighted by Gasteiger charge is -2.37. The molecule has 0 bridgehead atoms. The molecule has 7 nitrogen and oxygen atoms in total. The van der Waals surface area contributed by atoms with E-state index in [1.54, 1.807) is 35.5 Å². The lowest BCUT2D eigenvalue weighted by atomic mass is 10.0. The number of halogens is 1. The number of hydrogen-bond donors (Lipinski definition) is 0. The first-order valence-corrected chi connectivity index (χ1v) is 12.5. The molecule has 190 valence electrons. The zero-order chi connectivity index (χ0) is 25.5. The molecule has 0 spiro atoms. The van der Waals surface area contributed by atoms with Gasteiger partial charge in [-0.15, -0.1) is 11.3 Å². The van der Waals surface area contributed by atoms with E-state index in [2.05, 4.69) is 0 Å². The summed E-state index contributed by atoms with van der Waals surface area (Å²) in [4.78, 5) is 31.0. The largest absolute Gasteiger partial charge is 0.497 e. The summed E-state index contributed by atoms with van der Waals surface area (Å²) in [5, 5.41) is 2.02. The van der Waals surface area contributed by atoms with Gasteiger partial charge in [0.05, 0.1) is 25.3 Å². The van der Waals surface area contributed by atoms with Gasteiger partial charge in [0.2, 0.25) is 5.91 Å². The molecule has 1 unspecified atom stereocenters. The molecule has 0 fully saturated rings. The molecule has 4 rings (SSSR count). The maximum atomic E-state index is 14.3. The zero-order valence-electron chi connectivity index (χ0n) is 20.3. The van der Waals surface area contributed by atoms with Crippen molar-refractivity contribution in [2.24, 2.45) is 0 Å². The minimum atomic E-state index is -0.622. The van der Waals surface area contributed by atoms with Gasteiger partial charge >= 0.3 is 0 Å². The quantitative estimate of drug-likeness (QED) is 0.408. The van der Waals surface area contributed by atoms with E-state index in [1.165, 1.54) is 35.1 Å². The molecule has 2 aromatic carbocycles.